The van der Waals surface area contributed by atoms with Gasteiger partial charge in [0, 0.05) is 22.7 Å². The van der Waals surface area contributed by atoms with Crippen molar-refractivity contribution in [2.75, 3.05) is 11.9 Å². The second-order valence-electron chi connectivity index (χ2n) is 11.0. The molecule has 8 heteroatoms. The fourth-order valence-corrected chi connectivity index (χ4v) is 7.53. The van der Waals surface area contributed by atoms with Gasteiger partial charge in [-0.25, -0.2) is 4.79 Å². The van der Waals surface area contributed by atoms with Gasteiger partial charge in [0.15, 0.2) is 0 Å². The van der Waals surface area contributed by atoms with Gasteiger partial charge in [-0.2, -0.15) is 4.37 Å². The summed E-state index contributed by atoms with van der Waals surface area (Å²) in [6, 6.07) is 5.75. The van der Waals surface area contributed by atoms with Gasteiger partial charge in [-0.05, 0) is 112 Å². The number of carbonyl (C=O) groups excluding carboxylic acids is 2. The Bertz CT molecular complexity index is 1060. The lowest BCUT2D eigenvalue weighted by molar-refractivity contribution is -0.0567. The molecule has 0 aliphatic heterocycles. The van der Waals surface area contributed by atoms with Crippen LogP contribution in [-0.4, -0.2) is 34.4 Å². The first-order valence-corrected chi connectivity index (χ1v) is 13.7. The van der Waals surface area contributed by atoms with Crippen LogP contribution >= 0.6 is 11.5 Å². The van der Waals surface area contributed by atoms with Crippen LogP contribution in [0.5, 0.6) is 0 Å². The molecular formula is C26H37N5O2S. The highest BCUT2D eigenvalue weighted by molar-refractivity contribution is 7.13. The zero-order valence-electron chi connectivity index (χ0n) is 20.1. The van der Waals surface area contributed by atoms with Crippen molar-refractivity contribution >= 4 is 39.2 Å². The molecule has 2 aromatic rings. The first-order chi connectivity index (χ1) is 16.4. The van der Waals surface area contributed by atoms with Crippen LogP contribution in [-0.2, 0) is 0 Å². The maximum absolute atomic E-state index is 13.3. The van der Waals surface area contributed by atoms with E-state index in [0.717, 1.165) is 60.3 Å². The molecule has 3 saturated carbocycles. The number of amides is 3. The summed E-state index contributed by atoms with van der Waals surface area (Å²) >= 11 is 1.30. The minimum Gasteiger partial charge on any atom is -0.345 e. The molecule has 3 fully saturated rings. The van der Waals surface area contributed by atoms with E-state index >= 15 is 0 Å². The van der Waals surface area contributed by atoms with Crippen molar-refractivity contribution < 1.29 is 9.59 Å². The Morgan fingerprint density at radius 2 is 1.97 bits per heavy atom. The van der Waals surface area contributed by atoms with Gasteiger partial charge in [0.25, 0.3) is 5.91 Å². The van der Waals surface area contributed by atoms with Crippen LogP contribution in [0.2, 0.25) is 0 Å². The number of hydrogen-bond acceptors (Lipinski definition) is 5. The summed E-state index contributed by atoms with van der Waals surface area (Å²) in [5, 5.41) is 10.2. The molecule has 1 aromatic carbocycles. The Morgan fingerprint density at radius 3 is 2.71 bits per heavy atom. The smallest absolute Gasteiger partial charge is 0.319 e. The summed E-state index contributed by atoms with van der Waals surface area (Å²) < 4.78 is 5.39. The van der Waals surface area contributed by atoms with E-state index in [4.69, 9.17) is 5.73 Å². The minimum absolute atomic E-state index is 0.0971. The molecule has 3 aliphatic carbocycles. The maximum atomic E-state index is 13.3. The molecule has 5 rings (SSSR count). The third-order valence-electron chi connectivity index (χ3n) is 8.57. The fraction of sp³-hybridized carbons (Fsp3) is 0.654. The third-order valence-corrected chi connectivity index (χ3v) is 9.38. The van der Waals surface area contributed by atoms with Crippen molar-refractivity contribution in [1.82, 2.24) is 15.0 Å². The normalized spacial score (nSPS) is 28.8. The summed E-state index contributed by atoms with van der Waals surface area (Å²) in [5.74, 6) is 0.695. The van der Waals surface area contributed by atoms with Crippen molar-refractivity contribution in [2.24, 2.45) is 17.1 Å². The molecule has 2 unspecified atom stereocenters. The number of benzene rings is 1. The Hall–Kier alpha value is -2.19. The van der Waals surface area contributed by atoms with Crippen LogP contribution in [0, 0.1) is 11.3 Å². The van der Waals surface area contributed by atoms with Gasteiger partial charge < -0.3 is 21.7 Å². The molecule has 1 aromatic heterocycles. The average molecular weight is 484 g/mol. The highest BCUT2D eigenvalue weighted by atomic mass is 32.1. The van der Waals surface area contributed by atoms with Crippen LogP contribution in [0.1, 0.15) is 88.0 Å². The van der Waals surface area contributed by atoms with E-state index in [1.165, 1.54) is 50.1 Å². The number of carbonyl (C=O) groups is 2. The Balaban J connectivity index is 1.25. The lowest BCUT2D eigenvalue weighted by atomic mass is 9.49. The second kappa shape index (κ2) is 9.46. The number of urea groups is 1. The number of nitrogens with one attached hydrogen (secondary N) is 3. The number of hydrogen-bond donors (Lipinski definition) is 4. The summed E-state index contributed by atoms with van der Waals surface area (Å²) in [5.41, 5.74) is 7.15. The molecule has 0 spiro atoms. The summed E-state index contributed by atoms with van der Waals surface area (Å²) in [6.07, 6.45) is 12.5. The molecule has 34 heavy (non-hydrogen) atoms. The number of fused-ring (bicyclic) bond motifs is 2. The van der Waals surface area contributed by atoms with Gasteiger partial charge in [0.1, 0.15) is 5.69 Å². The van der Waals surface area contributed by atoms with E-state index in [1.807, 2.05) is 18.2 Å². The zero-order valence-corrected chi connectivity index (χ0v) is 20.9. The summed E-state index contributed by atoms with van der Waals surface area (Å²) in [4.78, 5) is 25.6. The average Bonchev–Trinajstić information content (AvgIpc) is 3.44. The first kappa shape index (κ1) is 23.5. The molecule has 3 aliphatic rings. The molecule has 184 valence electrons. The van der Waals surface area contributed by atoms with Crippen LogP contribution in [0.4, 0.5) is 10.5 Å². The summed E-state index contributed by atoms with van der Waals surface area (Å²) in [7, 11) is 0. The number of rotatable bonds is 7. The predicted octanol–water partition coefficient (Wildman–Crippen LogP) is 5.17. The van der Waals surface area contributed by atoms with Gasteiger partial charge in [-0.1, -0.05) is 12.8 Å². The van der Waals surface area contributed by atoms with Crippen LogP contribution in [0.3, 0.4) is 0 Å². The van der Waals surface area contributed by atoms with Crippen molar-refractivity contribution in [1.29, 1.82) is 0 Å². The Kier molecular flexibility index (Phi) is 6.55. The van der Waals surface area contributed by atoms with Crippen LogP contribution in [0.15, 0.2) is 18.2 Å². The lowest BCUT2D eigenvalue weighted by Gasteiger charge is -2.58. The molecular weight excluding hydrogens is 446 g/mol. The number of nitrogens with zero attached hydrogens (tertiary/aromatic N) is 1. The van der Waals surface area contributed by atoms with E-state index in [0.29, 0.717) is 11.1 Å². The number of anilines is 1. The van der Waals surface area contributed by atoms with E-state index < -0.39 is 0 Å². The van der Waals surface area contributed by atoms with E-state index in [9.17, 15) is 9.59 Å². The summed E-state index contributed by atoms with van der Waals surface area (Å²) in [6.45, 7) is 2.94. The Morgan fingerprint density at radius 1 is 1.18 bits per heavy atom. The molecule has 0 radical (unpaired) electrons. The third kappa shape index (κ3) is 4.67. The van der Waals surface area contributed by atoms with Gasteiger partial charge in [-0.15, -0.1) is 0 Å². The molecule has 5 N–H and O–H groups in total. The van der Waals surface area contributed by atoms with Crippen LogP contribution in [0.25, 0.3) is 10.1 Å². The monoisotopic (exact) mass is 483 g/mol. The first-order valence-electron chi connectivity index (χ1n) is 12.9. The van der Waals surface area contributed by atoms with Gasteiger partial charge >= 0.3 is 6.03 Å². The standard InChI is InChI=1S/C26H37N5O2S/c1-25(12-9-17-10-13-26(17,16-25)11-4-14-27)30-23(32)22-20-8-7-19(15-21(20)34-31-22)29-24(33)28-18-5-2-3-6-18/h7-8,15,17-18H,2-6,9-14,16,27H2,1H3,(H,30,32)(H2,28,29,33)/t17?,25-,26?/m1/s1. The second-order valence-corrected chi connectivity index (χ2v) is 11.8. The predicted molar refractivity (Wildman–Crippen MR) is 137 cm³/mol. The fourth-order valence-electron chi connectivity index (χ4n) is 6.71. The van der Waals surface area contributed by atoms with E-state index in [2.05, 4.69) is 27.2 Å². The van der Waals surface area contributed by atoms with Crippen molar-refractivity contribution in [2.45, 2.75) is 89.1 Å². The largest absolute Gasteiger partial charge is 0.345 e. The molecule has 0 saturated heterocycles. The van der Waals surface area contributed by atoms with E-state index in [-0.39, 0.29) is 23.5 Å². The number of nitrogens with two attached hydrogens (primary N) is 1. The molecule has 3 amide bonds. The van der Waals surface area contributed by atoms with Crippen molar-refractivity contribution in [3.8, 4) is 0 Å². The van der Waals surface area contributed by atoms with Crippen LogP contribution < -0.4 is 21.7 Å². The lowest BCUT2D eigenvalue weighted by Crippen LogP contribution is -2.57. The minimum atomic E-state index is -0.210. The quantitative estimate of drug-likeness (QED) is 0.436. The topological polar surface area (TPSA) is 109 Å². The highest BCUT2D eigenvalue weighted by Gasteiger charge is 2.53. The molecule has 0 bridgehead atoms. The van der Waals surface area contributed by atoms with Gasteiger partial charge in [-0.3, -0.25) is 4.79 Å². The van der Waals surface area contributed by atoms with Crippen molar-refractivity contribution in [3.63, 3.8) is 0 Å². The Labute approximate surface area is 205 Å². The van der Waals surface area contributed by atoms with E-state index in [1.54, 1.807) is 0 Å². The molecule has 7 nitrogen and oxygen atoms in total. The molecule has 3 atom stereocenters. The SMILES string of the molecule is C[C@@]1(NC(=O)c2nsc3cc(NC(=O)NC4CCCC4)ccc23)CCC2CCC2(CCCN)C1. The van der Waals surface area contributed by atoms with Gasteiger partial charge in [0.05, 0.1) is 4.70 Å². The number of aromatic nitrogens is 1. The molecule has 1 heterocycles. The zero-order chi connectivity index (χ0) is 23.8. The van der Waals surface area contributed by atoms with Gasteiger partial charge in [0.2, 0.25) is 0 Å². The van der Waals surface area contributed by atoms with Crippen molar-refractivity contribution in [3.05, 3.63) is 23.9 Å². The maximum Gasteiger partial charge on any atom is 0.319 e. The highest BCUT2D eigenvalue weighted by Crippen LogP contribution is 2.60.